The molecule has 0 unspecified atom stereocenters. The number of carboxylic acids is 1. The Morgan fingerprint density at radius 3 is 2.63 bits per heavy atom. The molecule has 0 atom stereocenters. The molecule has 0 aliphatic heterocycles. The molecule has 0 fully saturated rings. The molecule has 0 heterocycles. The van der Waals surface area contributed by atoms with Crippen LogP contribution in [0.3, 0.4) is 0 Å². The fraction of sp³-hybridized carbons (Fsp3) is 0.0714. The Balaban J connectivity index is 2.12. The van der Waals surface area contributed by atoms with Crippen LogP contribution in [-0.2, 0) is 6.61 Å². The predicted molar refractivity (Wildman–Crippen MR) is 69.1 cm³/mol. The van der Waals surface area contributed by atoms with E-state index in [0.29, 0.717) is 10.8 Å². The molecule has 0 aliphatic rings. The molecule has 1 N–H and O–H groups in total. The Morgan fingerprint density at radius 1 is 1.26 bits per heavy atom. The number of para-hydroxylation sites is 1. The maximum atomic E-state index is 13.6. The molecule has 0 spiro atoms. The lowest BCUT2D eigenvalue weighted by molar-refractivity contribution is 0.0696. The van der Waals surface area contributed by atoms with Crippen LogP contribution in [0, 0.1) is 5.82 Å². The highest BCUT2D eigenvalue weighted by molar-refractivity contribution is 6.32. The van der Waals surface area contributed by atoms with Crippen molar-refractivity contribution in [3.63, 3.8) is 0 Å². The smallest absolute Gasteiger partial charge is 0.335 e. The first kappa shape index (κ1) is 13.4. The Kier molecular flexibility index (Phi) is 4.02. The standard InChI is InChI=1S/C14H10ClFO3/c15-11-3-1-2-4-13(11)19-8-10-6-5-9(14(17)18)7-12(10)16/h1-7H,8H2,(H,17,18). The van der Waals surface area contributed by atoms with Gasteiger partial charge >= 0.3 is 5.97 Å². The van der Waals surface area contributed by atoms with Crippen LogP contribution in [0.15, 0.2) is 42.5 Å². The van der Waals surface area contributed by atoms with Crippen LogP contribution in [0.5, 0.6) is 5.75 Å². The molecule has 0 aromatic heterocycles. The van der Waals surface area contributed by atoms with Gasteiger partial charge in [0.2, 0.25) is 0 Å². The zero-order chi connectivity index (χ0) is 13.8. The third kappa shape index (κ3) is 3.23. The summed E-state index contributed by atoms with van der Waals surface area (Å²) >= 11 is 5.90. The Labute approximate surface area is 114 Å². The second-order valence-electron chi connectivity index (χ2n) is 3.83. The fourth-order valence-electron chi connectivity index (χ4n) is 1.51. The van der Waals surface area contributed by atoms with Gasteiger partial charge in [-0.3, -0.25) is 0 Å². The predicted octanol–water partition coefficient (Wildman–Crippen LogP) is 3.76. The van der Waals surface area contributed by atoms with Crippen LogP contribution in [-0.4, -0.2) is 11.1 Å². The lowest BCUT2D eigenvalue weighted by Gasteiger charge is -2.08. The zero-order valence-corrected chi connectivity index (χ0v) is 10.5. The second kappa shape index (κ2) is 5.71. The first-order valence-electron chi connectivity index (χ1n) is 5.47. The minimum absolute atomic E-state index is 0.0184. The summed E-state index contributed by atoms with van der Waals surface area (Å²) in [6.45, 7) is -0.0184. The molecule has 0 saturated heterocycles. The van der Waals surface area contributed by atoms with Gasteiger partial charge in [0.25, 0.3) is 0 Å². The molecule has 0 aliphatic carbocycles. The van der Waals surface area contributed by atoms with E-state index in [1.54, 1.807) is 24.3 Å². The van der Waals surface area contributed by atoms with Crippen molar-refractivity contribution >= 4 is 17.6 Å². The van der Waals surface area contributed by atoms with E-state index < -0.39 is 11.8 Å². The quantitative estimate of drug-likeness (QED) is 0.927. The largest absolute Gasteiger partial charge is 0.487 e. The Bertz CT molecular complexity index is 613. The molecule has 2 rings (SSSR count). The van der Waals surface area contributed by atoms with E-state index in [1.165, 1.54) is 12.1 Å². The molecule has 0 radical (unpaired) electrons. The summed E-state index contributed by atoms with van der Waals surface area (Å²) in [5.74, 6) is -1.34. The highest BCUT2D eigenvalue weighted by Crippen LogP contribution is 2.24. The van der Waals surface area contributed by atoms with Crippen molar-refractivity contribution in [2.24, 2.45) is 0 Å². The van der Waals surface area contributed by atoms with E-state index in [0.717, 1.165) is 6.07 Å². The average Bonchev–Trinajstić information content (AvgIpc) is 2.39. The first-order valence-corrected chi connectivity index (χ1v) is 5.85. The third-order valence-electron chi connectivity index (χ3n) is 2.52. The third-order valence-corrected chi connectivity index (χ3v) is 2.83. The summed E-state index contributed by atoms with van der Waals surface area (Å²) in [6, 6.07) is 10.5. The number of carboxylic acid groups (broad SMARTS) is 1. The van der Waals surface area contributed by atoms with Gasteiger partial charge in [-0.05, 0) is 24.3 Å². The summed E-state index contributed by atoms with van der Waals surface area (Å²) in [5.41, 5.74) is 0.170. The normalized spacial score (nSPS) is 10.2. The van der Waals surface area contributed by atoms with Gasteiger partial charge in [-0.15, -0.1) is 0 Å². The number of aromatic carboxylic acids is 1. The Morgan fingerprint density at radius 2 is 2.00 bits per heavy atom. The molecular weight excluding hydrogens is 271 g/mol. The molecule has 2 aromatic carbocycles. The highest BCUT2D eigenvalue weighted by atomic mass is 35.5. The topological polar surface area (TPSA) is 46.5 Å². The number of rotatable bonds is 4. The summed E-state index contributed by atoms with van der Waals surface area (Å²) in [4.78, 5) is 10.7. The maximum absolute atomic E-state index is 13.6. The van der Waals surface area contributed by atoms with Gasteiger partial charge in [-0.1, -0.05) is 29.8 Å². The number of benzene rings is 2. The molecule has 0 amide bonds. The molecule has 3 nitrogen and oxygen atoms in total. The molecule has 2 aromatic rings. The van der Waals surface area contributed by atoms with Gasteiger partial charge in [0.1, 0.15) is 18.2 Å². The van der Waals surface area contributed by atoms with Crippen molar-refractivity contribution in [3.05, 3.63) is 64.4 Å². The van der Waals surface area contributed by atoms with Crippen molar-refractivity contribution in [3.8, 4) is 5.75 Å². The number of ether oxygens (including phenoxy) is 1. The van der Waals surface area contributed by atoms with E-state index in [9.17, 15) is 9.18 Å². The lowest BCUT2D eigenvalue weighted by Crippen LogP contribution is -2.02. The van der Waals surface area contributed by atoms with Crippen LogP contribution in [0.4, 0.5) is 4.39 Å². The number of carbonyl (C=O) groups is 1. The number of hydrogen-bond acceptors (Lipinski definition) is 2. The minimum Gasteiger partial charge on any atom is -0.487 e. The summed E-state index contributed by atoms with van der Waals surface area (Å²) < 4.78 is 19.0. The maximum Gasteiger partial charge on any atom is 0.335 e. The number of halogens is 2. The first-order chi connectivity index (χ1) is 9.08. The molecular formula is C14H10ClFO3. The van der Waals surface area contributed by atoms with Gasteiger partial charge in [0.15, 0.2) is 0 Å². The van der Waals surface area contributed by atoms with Crippen molar-refractivity contribution in [2.75, 3.05) is 0 Å². The van der Waals surface area contributed by atoms with Crippen LogP contribution >= 0.6 is 11.6 Å². The molecule has 19 heavy (non-hydrogen) atoms. The van der Waals surface area contributed by atoms with E-state index in [-0.39, 0.29) is 17.7 Å². The molecule has 0 bridgehead atoms. The summed E-state index contributed by atoms with van der Waals surface area (Å²) in [7, 11) is 0. The van der Waals surface area contributed by atoms with E-state index in [4.69, 9.17) is 21.4 Å². The summed E-state index contributed by atoms with van der Waals surface area (Å²) in [6.07, 6.45) is 0. The van der Waals surface area contributed by atoms with Crippen molar-refractivity contribution in [2.45, 2.75) is 6.61 Å². The minimum atomic E-state index is -1.17. The zero-order valence-electron chi connectivity index (χ0n) is 9.77. The monoisotopic (exact) mass is 280 g/mol. The van der Waals surface area contributed by atoms with Gasteiger partial charge in [0.05, 0.1) is 10.6 Å². The van der Waals surface area contributed by atoms with Crippen LogP contribution in [0.1, 0.15) is 15.9 Å². The van der Waals surface area contributed by atoms with Crippen molar-refractivity contribution in [1.29, 1.82) is 0 Å². The Hall–Kier alpha value is -2.07. The molecule has 5 heteroatoms. The van der Waals surface area contributed by atoms with Crippen LogP contribution < -0.4 is 4.74 Å². The van der Waals surface area contributed by atoms with Crippen LogP contribution in [0.25, 0.3) is 0 Å². The van der Waals surface area contributed by atoms with Gasteiger partial charge < -0.3 is 9.84 Å². The fourth-order valence-corrected chi connectivity index (χ4v) is 1.70. The van der Waals surface area contributed by atoms with Gasteiger partial charge in [-0.2, -0.15) is 0 Å². The van der Waals surface area contributed by atoms with Crippen molar-refractivity contribution < 1.29 is 19.0 Å². The molecule has 0 saturated carbocycles. The number of hydrogen-bond donors (Lipinski definition) is 1. The van der Waals surface area contributed by atoms with E-state index in [1.807, 2.05) is 0 Å². The molecule has 98 valence electrons. The average molecular weight is 281 g/mol. The SMILES string of the molecule is O=C(O)c1ccc(COc2ccccc2Cl)c(F)c1. The highest BCUT2D eigenvalue weighted by Gasteiger charge is 2.09. The van der Waals surface area contributed by atoms with Gasteiger partial charge in [0, 0.05) is 5.56 Å². The summed E-state index contributed by atoms with van der Waals surface area (Å²) in [5, 5.41) is 9.16. The van der Waals surface area contributed by atoms with Crippen molar-refractivity contribution in [1.82, 2.24) is 0 Å². The second-order valence-corrected chi connectivity index (χ2v) is 4.24. The van der Waals surface area contributed by atoms with E-state index in [2.05, 4.69) is 0 Å². The van der Waals surface area contributed by atoms with Crippen LogP contribution in [0.2, 0.25) is 5.02 Å². The lowest BCUT2D eigenvalue weighted by atomic mass is 10.1. The van der Waals surface area contributed by atoms with E-state index >= 15 is 0 Å². The van der Waals surface area contributed by atoms with Gasteiger partial charge in [-0.25, -0.2) is 9.18 Å².